The Morgan fingerprint density at radius 2 is 1.89 bits per heavy atom. The van der Waals surface area contributed by atoms with Crippen LogP contribution in [0.3, 0.4) is 0 Å². The number of pyridine rings is 1. The van der Waals surface area contributed by atoms with Gasteiger partial charge in [-0.15, -0.1) is 11.6 Å². The summed E-state index contributed by atoms with van der Waals surface area (Å²) in [5.74, 6) is 1.33. The van der Waals surface area contributed by atoms with Crippen LogP contribution in [0.2, 0.25) is 0 Å². The van der Waals surface area contributed by atoms with Gasteiger partial charge >= 0.3 is 0 Å². The Kier molecular flexibility index (Phi) is 4.21. The molecule has 94 valence electrons. The van der Waals surface area contributed by atoms with E-state index in [1.54, 1.807) is 6.20 Å². The van der Waals surface area contributed by atoms with E-state index in [1.807, 2.05) is 44.2 Å². The van der Waals surface area contributed by atoms with E-state index in [-0.39, 0.29) is 0 Å². The number of hydrogen-bond donors (Lipinski definition) is 0. The molecule has 0 atom stereocenters. The molecule has 0 unspecified atom stereocenters. The Hall–Kier alpha value is -1.54. The van der Waals surface area contributed by atoms with Gasteiger partial charge in [0.2, 0.25) is 0 Å². The summed E-state index contributed by atoms with van der Waals surface area (Å²) >= 11 is 5.92. The second kappa shape index (κ2) is 5.87. The van der Waals surface area contributed by atoms with Crippen LogP contribution >= 0.6 is 11.6 Å². The molecule has 0 aliphatic rings. The average Bonchev–Trinajstić information content (AvgIpc) is 2.39. The molecule has 1 aromatic heterocycles. The van der Waals surface area contributed by atoms with Crippen LogP contribution in [0.4, 0.5) is 0 Å². The molecule has 0 radical (unpaired) electrons. The fourth-order valence-electron chi connectivity index (χ4n) is 1.84. The molecule has 18 heavy (non-hydrogen) atoms. The zero-order valence-corrected chi connectivity index (χ0v) is 11.4. The van der Waals surface area contributed by atoms with Crippen molar-refractivity contribution in [3.05, 3.63) is 58.9 Å². The van der Waals surface area contributed by atoms with Gasteiger partial charge in [0.25, 0.3) is 0 Å². The SMILES string of the molecule is Cc1cccnc1COc1c(C)cccc1CCl. The summed E-state index contributed by atoms with van der Waals surface area (Å²) < 4.78 is 5.88. The van der Waals surface area contributed by atoms with Crippen LogP contribution in [-0.4, -0.2) is 4.98 Å². The first-order chi connectivity index (χ1) is 8.72. The number of ether oxygens (including phenoxy) is 1. The molecule has 0 N–H and O–H groups in total. The van der Waals surface area contributed by atoms with Gasteiger partial charge in [-0.25, -0.2) is 0 Å². The zero-order valence-electron chi connectivity index (χ0n) is 10.6. The lowest BCUT2D eigenvalue weighted by Crippen LogP contribution is -2.03. The summed E-state index contributed by atoms with van der Waals surface area (Å²) in [4.78, 5) is 4.32. The number of alkyl halides is 1. The minimum Gasteiger partial charge on any atom is -0.487 e. The normalized spacial score (nSPS) is 10.4. The van der Waals surface area contributed by atoms with Crippen molar-refractivity contribution in [1.82, 2.24) is 4.98 Å². The first kappa shape index (κ1) is 12.9. The highest BCUT2D eigenvalue weighted by molar-refractivity contribution is 6.17. The Bertz CT molecular complexity index is 540. The molecule has 3 heteroatoms. The number of aryl methyl sites for hydroxylation is 2. The highest BCUT2D eigenvalue weighted by Gasteiger charge is 2.07. The summed E-state index contributed by atoms with van der Waals surface area (Å²) in [7, 11) is 0. The molecule has 0 fully saturated rings. The first-order valence-electron chi connectivity index (χ1n) is 5.90. The number of benzene rings is 1. The maximum Gasteiger partial charge on any atom is 0.130 e. The van der Waals surface area contributed by atoms with Gasteiger partial charge in [0.05, 0.1) is 11.6 Å². The number of nitrogens with zero attached hydrogens (tertiary/aromatic N) is 1. The Morgan fingerprint density at radius 3 is 2.61 bits per heavy atom. The zero-order chi connectivity index (χ0) is 13.0. The largest absolute Gasteiger partial charge is 0.487 e. The van der Waals surface area contributed by atoms with Crippen LogP contribution in [0.1, 0.15) is 22.4 Å². The highest BCUT2D eigenvalue weighted by Crippen LogP contribution is 2.25. The smallest absolute Gasteiger partial charge is 0.130 e. The van der Waals surface area contributed by atoms with Crippen molar-refractivity contribution in [3.8, 4) is 5.75 Å². The topological polar surface area (TPSA) is 22.1 Å². The summed E-state index contributed by atoms with van der Waals surface area (Å²) in [6.07, 6.45) is 1.78. The van der Waals surface area contributed by atoms with Crippen molar-refractivity contribution >= 4 is 11.6 Å². The quantitative estimate of drug-likeness (QED) is 0.776. The van der Waals surface area contributed by atoms with Gasteiger partial charge < -0.3 is 4.74 Å². The van der Waals surface area contributed by atoms with E-state index < -0.39 is 0 Å². The minimum absolute atomic E-state index is 0.457. The van der Waals surface area contributed by atoms with E-state index >= 15 is 0 Å². The van der Waals surface area contributed by atoms with Crippen molar-refractivity contribution in [1.29, 1.82) is 0 Å². The molecule has 1 aromatic carbocycles. The van der Waals surface area contributed by atoms with Crippen molar-refractivity contribution in [2.24, 2.45) is 0 Å². The maximum absolute atomic E-state index is 5.92. The van der Waals surface area contributed by atoms with Crippen molar-refractivity contribution in [2.45, 2.75) is 26.3 Å². The molecule has 0 amide bonds. The molecular formula is C15H16ClNO. The van der Waals surface area contributed by atoms with Crippen molar-refractivity contribution < 1.29 is 4.74 Å². The molecule has 0 aliphatic heterocycles. The van der Waals surface area contributed by atoms with Crippen LogP contribution in [0, 0.1) is 13.8 Å². The van der Waals surface area contributed by atoms with Gasteiger partial charge in [0, 0.05) is 11.8 Å². The van der Waals surface area contributed by atoms with Crippen LogP contribution in [-0.2, 0) is 12.5 Å². The Balaban J connectivity index is 2.18. The monoisotopic (exact) mass is 261 g/mol. The molecule has 2 aromatic rings. The lowest BCUT2D eigenvalue weighted by Gasteiger charge is -2.13. The Labute approximate surface area is 113 Å². The molecule has 1 heterocycles. The molecule has 0 aliphatic carbocycles. The molecule has 2 rings (SSSR count). The lowest BCUT2D eigenvalue weighted by atomic mass is 10.1. The van der Waals surface area contributed by atoms with Gasteiger partial charge in [-0.1, -0.05) is 24.3 Å². The number of halogens is 1. The maximum atomic E-state index is 5.92. The van der Waals surface area contributed by atoms with Gasteiger partial charge in [-0.05, 0) is 31.0 Å². The predicted molar refractivity (Wildman–Crippen MR) is 74.0 cm³/mol. The van der Waals surface area contributed by atoms with Crippen molar-refractivity contribution in [2.75, 3.05) is 0 Å². The van der Waals surface area contributed by atoms with E-state index in [2.05, 4.69) is 4.98 Å². The van der Waals surface area contributed by atoms with E-state index in [9.17, 15) is 0 Å². The predicted octanol–water partition coefficient (Wildman–Crippen LogP) is 4.02. The number of hydrogen-bond acceptors (Lipinski definition) is 2. The van der Waals surface area contributed by atoms with Crippen LogP contribution in [0.5, 0.6) is 5.75 Å². The first-order valence-corrected chi connectivity index (χ1v) is 6.43. The molecule has 0 spiro atoms. The van der Waals surface area contributed by atoms with E-state index in [0.717, 1.165) is 28.1 Å². The van der Waals surface area contributed by atoms with Crippen molar-refractivity contribution in [3.63, 3.8) is 0 Å². The van der Waals surface area contributed by atoms with Crippen LogP contribution < -0.4 is 4.74 Å². The standard InChI is InChI=1S/C15H16ClNO/c1-11-6-4-8-17-14(11)10-18-15-12(2)5-3-7-13(15)9-16/h3-8H,9-10H2,1-2H3. The second-order valence-electron chi connectivity index (χ2n) is 4.25. The molecule has 0 saturated heterocycles. The molecule has 0 bridgehead atoms. The molecule has 0 saturated carbocycles. The minimum atomic E-state index is 0.457. The molecular weight excluding hydrogens is 246 g/mol. The van der Waals surface area contributed by atoms with Crippen LogP contribution in [0.15, 0.2) is 36.5 Å². The summed E-state index contributed by atoms with van der Waals surface area (Å²) in [5, 5.41) is 0. The summed E-state index contributed by atoms with van der Waals surface area (Å²) in [6, 6.07) is 9.96. The third-order valence-corrected chi connectivity index (χ3v) is 3.20. The van der Waals surface area contributed by atoms with Gasteiger partial charge in [-0.3, -0.25) is 4.98 Å². The highest BCUT2D eigenvalue weighted by atomic mass is 35.5. The molecule has 2 nitrogen and oxygen atoms in total. The number of aromatic nitrogens is 1. The second-order valence-corrected chi connectivity index (χ2v) is 4.52. The summed E-state index contributed by atoms with van der Waals surface area (Å²) in [5.41, 5.74) is 4.21. The van der Waals surface area contributed by atoms with Crippen LogP contribution in [0.25, 0.3) is 0 Å². The number of rotatable bonds is 4. The van der Waals surface area contributed by atoms with E-state index in [0.29, 0.717) is 12.5 Å². The Morgan fingerprint density at radius 1 is 1.11 bits per heavy atom. The third kappa shape index (κ3) is 2.82. The summed E-state index contributed by atoms with van der Waals surface area (Å²) in [6.45, 7) is 4.53. The van der Waals surface area contributed by atoms with Gasteiger partial charge in [-0.2, -0.15) is 0 Å². The van der Waals surface area contributed by atoms with Gasteiger partial charge in [0.15, 0.2) is 0 Å². The fraction of sp³-hybridized carbons (Fsp3) is 0.267. The average molecular weight is 262 g/mol. The fourth-order valence-corrected chi connectivity index (χ4v) is 2.05. The van der Waals surface area contributed by atoms with E-state index in [1.165, 1.54) is 0 Å². The number of para-hydroxylation sites is 1. The van der Waals surface area contributed by atoms with Gasteiger partial charge in [0.1, 0.15) is 12.4 Å². The van der Waals surface area contributed by atoms with E-state index in [4.69, 9.17) is 16.3 Å². The third-order valence-electron chi connectivity index (χ3n) is 2.91. The lowest BCUT2D eigenvalue weighted by molar-refractivity contribution is 0.296.